The van der Waals surface area contributed by atoms with Gasteiger partial charge in [-0.3, -0.25) is 4.98 Å². The Balaban J connectivity index is 1.34. The summed E-state index contributed by atoms with van der Waals surface area (Å²) in [7, 11) is 0. The monoisotopic (exact) mass is 423 g/mol. The number of hydrogen-bond donors (Lipinski definition) is 0. The van der Waals surface area contributed by atoms with E-state index in [1.807, 2.05) is 18.3 Å². The highest BCUT2D eigenvalue weighted by atomic mass is 14.7. The smallest absolute Gasteiger partial charge is 0.0702 e. The lowest BCUT2D eigenvalue weighted by Crippen LogP contribution is -2.14. The minimum Gasteiger partial charge on any atom is -0.256 e. The zero-order valence-electron chi connectivity index (χ0n) is 18.9. The zero-order valence-corrected chi connectivity index (χ0v) is 18.9. The highest BCUT2D eigenvalue weighted by Gasteiger charge is 2.35. The van der Waals surface area contributed by atoms with Crippen LogP contribution in [0.3, 0.4) is 0 Å². The third-order valence-corrected chi connectivity index (χ3v) is 6.96. The molecule has 1 nitrogen and oxygen atoms in total. The lowest BCUT2D eigenvalue weighted by Gasteiger charge is -2.22. The van der Waals surface area contributed by atoms with Crippen LogP contribution in [0.2, 0.25) is 0 Å². The molecular formula is C32H25N. The topological polar surface area (TPSA) is 12.9 Å². The Morgan fingerprint density at radius 1 is 0.485 bits per heavy atom. The Morgan fingerprint density at radius 3 is 1.88 bits per heavy atom. The van der Waals surface area contributed by atoms with Crippen molar-refractivity contribution in [3.8, 4) is 44.6 Å². The predicted octanol–water partition coefficient (Wildman–Crippen LogP) is 8.39. The second-order valence-electron chi connectivity index (χ2n) is 9.30. The van der Waals surface area contributed by atoms with Gasteiger partial charge in [-0.25, -0.2) is 0 Å². The second-order valence-corrected chi connectivity index (χ2v) is 9.30. The Kier molecular flexibility index (Phi) is 4.52. The van der Waals surface area contributed by atoms with Crippen LogP contribution in [0.4, 0.5) is 0 Å². The van der Waals surface area contributed by atoms with E-state index >= 15 is 0 Å². The van der Waals surface area contributed by atoms with Crippen LogP contribution in [-0.2, 0) is 5.41 Å². The van der Waals surface area contributed by atoms with Crippen molar-refractivity contribution in [1.29, 1.82) is 0 Å². The molecule has 0 saturated heterocycles. The van der Waals surface area contributed by atoms with Crippen molar-refractivity contribution in [3.63, 3.8) is 0 Å². The van der Waals surface area contributed by atoms with E-state index in [4.69, 9.17) is 0 Å². The fourth-order valence-corrected chi connectivity index (χ4v) is 5.13. The maximum atomic E-state index is 4.49. The van der Waals surface area contributed by atoms with Crippen molar-refractivity contribution in [2.45, 2.75) is 19.3 Å². The molecule has 0 fully saturated rings. The first-order valence-corrected chi connectivity index (χ1v) is 11.5. The number of hydrogen-bond acceptors (Lipinski definition) is 1. The van der Waals surface area contributed by atoms with Gasteiger partial charge < -0.3 is 0 Å². The van der Waals surface area contributed by atoms with Crippen molar-refractivity contribution in [3.05, 3.63) is 127 Å². The van der Waals surface area contributed by atoms with Crippen molar-refractivity contribution >= 4 is 0 Å². The Labute approximate surface area is 195 Å². The second kappa shape index (κ2) is 7.56. The van der Waals surface area contributed by atoms with E-state index < -0.39 is 0 Å². The first-order valence-electron chi connectivity index (χ1n) is 11.5. The molecule has 0 bridgehead atoms. The quantitative estimate of drug-likeness (QED) is 0.284. The molecule has 5 aromatic rings. The van der Waals surface area contributed by atoms with E-state index in [2.05, 4.69) is 116 Å². The third-order valence-electron chi connectivity index (χ3n) is 6.96. The Morgan fingerprint density at radius 2 is 1.12 bits per heavy atom. The van der Waals surface area contributed by atoms with Gasteiger partial charge in [0.15, 0.2) is 0 Å². The number of rotatable bonds is 3. The lowest BCUT2D eigenvalue weighted by atomic mass is 9.81. The maximum absolute atomic E-state index is 4.49. The SMILES string of the molecule is CC1(C)c2ccccc2-c2ccc(-c3ccc(-c4cccc(-c5ccccn5)c4)cc3)cc21. The number of nitrogens with zero attached hydrogens (tertiary/aromatic N) is 1. The molecule has 1 aliphatic rings. The fourth-order valence-electron chi connectivity index (χ4n) is 5.13. The summed E-state index contributed by atoms with van der Waals surface area (Å²) in [4.78, 5) is 4.49. The predicted molar refractivity (Wildman–Crippen MR) is 138 cm³/mol. The summed E-state index contributed by atoms with van der Waals surface area (Å²) in [6, 6.07) is 39.3. The number of benzene rings is 4. The molecular weight excluding hydrogens is 398 g/mol. The van der Waals surface area contributed by atoms with E-state index in [1.165, 1.54) is 44.5 Å². The van der Waals surface area contributed by atoms with Gasteiger partial charge in [-0.15, -0.1) is 0 Å². The first-order chi connectivity index (χ1) is 16.1. The molecule has 0 saturated carbocycles. The van der Waals surface area contributed by atoms with Crippen LogP contribution in [0.5, 0.6) is 0 Å². The van der Waals surface area contributed by atoms with Crippen molar-refractivity contribution in [2.75, 3.05) is 0 Å². The average molecular weight is 424 g/mol. The minimum absolute atomic E-state index is 0.0216. The number of pyridine rings is 1. The third kappa shape index (κ3) is 3.29. The van der Waals surface area contributed by atoms with Crippen LogP contribution >= 0.6 is 0 Å². The van der Waals surface area contributed by atoms with E-state index in [-0.39, 0.29) is 5.41 Å². The molecule has 1 heterocycles. The van der Waals surface area contributed by atoms with Crippen molar-refractivity contribution in [1.82, 2.24) is 4.98 Å². The Hall–Kier alpha value is -3.97. The summed E-state index contributed by atoms with van der Waals surface area (Å²) >= 11 is 0. The highest BCUT2D eigenvalue weighted by molar-refractivity contribution is 5.84. The molecule has 0 unspecified atom stereocenters. The standard InChI is InChI=1S/C32H25N/c1-32(2)29-11-4-3-10-27(29)28-18-17-25(21-30(28)32)23-15-13-22(14-16-23)24-8-7-9-26(20-24)31-12-5-6-19-33-31/h3-21H,1-2H3. The van der Waals surface area contributed by atoms with Gasteiger partial charge in [0.1, 0.15) is 0 Å². The van der Waals surface area contributed by atoms with Gasteiger partial charge in [-0.2, -0.15) is 0 Å². The van der Waals surface area contributed by atoms with Crippen LogP contribution in [0, 0.1) is 0 Å². The van der Waals surface area contributed by atoms with E-state index in [1.54, 1.807) is 0 Å². The summed E-state index contributed by atoms with van der Waals surface area (Å²) in [5.74, 6) is 0. The molecule has 1 heteroatoms. The summed E-state index contributed by atoms with van der Waals surface area (Å²) in [5, 5.41) is 0. The highest BCUT2D eigenvalue weighted by Crippen LogP contribution is 2.49. The summed E-state index contributed by atoms with van der Waals surface area (Å²) in [6.45, 7) is 4.66. The van der Waals surface area contributed by atoms with Gasteiger partial charge in [0.25, 0.3) is 0 Å². The van der Waals surface area contributed by atoms with Crippen molar-refractivity contribution < 1.29 is 0 Å². The van der Waals surface area contributed by atoms with Gasteiger partial charge in [-0.1, -0.05) is 98.8 Å². The van der Waals surface area contributed by atoms with Crippen LogP contribution < -0.4 is 0 Å². The first kappa shape index (κ1) is 19.7. The molecule has 1 aromatic heterocycles. The minimum atomic E-state index is 0.0216. The van der Waals surface area contributed by atoms with Gasteiger partial charge >= 0.3 is 0 Å². The molecule has 0 aliphatic heterocycles. The van der Waals surface area contributed by atoms with E-state index in [9.17, 15) is 0 Å². The Bertz CT molecular complexity index is 1460. The molecule has 4 aromatic carbocycles. The van der Waals surface area contributed by atoms with Crippen molar-refractivity contribution in [2.24, 2.45) is 0 Å². The summed E-state index contributed by atoms with van der Waals surface area (Å²) in [6.07, 6.45) is 1.84. The van der Waals surface area contributed by atoms with Crippen LogP contribution in [0.15, 0.2) is 115 Å². The molecule has 0 spiro atoms. The molecule has 0 amide bonds. The normalized spacial score (nSPS) is 13.4. The van der Waals surface area contributed by atoms with E-state index in [0.717, 1.165) is 11.3 Å². The van der Waals surface area contributed by atoms with Gasteiger partial charge in [-0.05, 0) is 68.8 Å². The number of aromatic nitrogens is 1. The van der Waals surface area contributed by atoms with Gasteiger partial charge in [0.2, 0.25) is 0 Å². The molecule has 1 aliphatic carbocycles. The van der Waals surface area contributed by atoms with Gasteiger partial charge in [0, 0.05) is 17.2 Å². The molecule has 33 heavy (non-hydrogen) atoms. The fraction of sp³-hybridized carbons (Fsp3) is 0.0938. The summed E-state index contributed by atoms with van der Waals surface area (Å²) in [5.41, 5.74) is 12.6. The van der Waals surface area contributed by atoms with E-state index in [0.29, 0.717) is 0 Å². The van der Waals surface area contributed by atoms with Crippen LogP contribution in [0.25, 0.3) is 44.6 Å². The van der Waals surface area contributed by atoms with Gasteiger partial charge in [0.05, 0.1) is 5.69 Å². The largest absolute Gasteiger partial charge is 0.256 e. The maximum Gasteiger partial charge on any atom is 0.0702 e. The molecule has 6 rings (SSSR count). The van der Waals surface area contributed by atoms with Crippen LogP contribution in [-0.4, -0.2) is 4.98 Å². The average Bonchev–Trinajstić information content (AvgIpc) is 3.11. The zero-order chi connectivity index (χ0) is 22.4. The number of fused-ring (bicyclic) bond motifs is 3. The molecule has 0 atom stereocenters. The molecule has 0 N–H and O–H groups in total. The molecule has 0 radical (unpaired) electrons. The molecule has 158 valence electrons. The van der Waals surface area contributed by atoms with Crippen LogP contribution in [0.1, 0.15) is 25.0 Å². The summed E-state index contributed by atoms with van der Waals surface area (Å²) < 4.78 is 0. The lowest BCUT2D eigenvalue weighted by molar-refractivity contribution is 0.660.